The zero-order valence-corrected chi connectivity index (χ0v) is 36.4. The molecule has 0 radical (unpaired) electrons. The number of piperidine rings is 2. The van der Waals surface area contributed by atoms with Crippen LogP contribution < -0.4 is 20.5 Å². The summed E-state index contributed by atoms with van der Waals surface area (Å²) in [4.78, 5) is 73.3. The molecule has 0 aliphatic carbocycles. The van der Waals surface area contributed by atoms with Crippen LogP contribution in [-0.2, 0) is 14.4 Å². The Balaban J connectivity index is 0.713. The molecule has 6 heterocycles. The molecule has 8 rings (SSSR count). The maximum absolute atomic E-state index is 14.2. The summed E-state index contributed by atoms with van der Waals surface area (Å²) in [6.45, 7) is 5.95. The molecular formula is C45H49Cl2FN8O7. The Hall–Kier alpha value is -5.58. The number of fused-ring (bicyclic) bond motifs is 1. The van der Waals surface area contributed by atoms with E-state index >= 15 is 0 Å². The molecule has 15 nitrogen and oxygen atoms in total. The highest BCUT2D eigenvalue weighted by Gasteiger charge is 2.46. The molecule has 18 heteroatoms. The summed E-state index contributed by atoms with van der Waals surface area (Å²) >= 11 is 12.5. The van der Waals surface area contributed by atoms with Gasteiger partial charge < -0.3 is 25.0 Å². The van der Waals surface area contributed by atoms with Crippen LogP contribution in [0, 0.1) is 11.7 Å². The number of anilines is 1. The lowest BCUT2D eigenvalue weighted by atomic mass is 9.95. The number of imide groups is 2. The summed E-state index contributed by atoms with van der Waals surface area (Å²) in [6, 6.07) is 8.40. The molecule has 2 atom stereocenters. The first kappa shape index (κ1) is 44.0. The maximum atomic E-state index is 14.2. The molecule has 63 heavy (non-hydrogen) atoms. The monoisotopic (exact) mass is 902 g/mol. The molecule has 3 N–H and O–H groups in total. The molecule has 4 aliphatic rings. The lowest BCUT2D eigenvalue weighted by Crippen LogP contribution is -2.55. The minimum Gasteiger partial charge on any atom is -0.493 e. The van der Waals surface area contributed by atoms with E-state index in [4.69, 9.17) is 38.4 Å². The van der Waals surface area contributed by atoms with E-state index in [1.165, 1.54) is 12.1 Å². The number of aromatic nitrogens is 3. The predicted octanol–water partition coefficient (Wildman–Crippen LogP) is 6.64. The third-order valence-electron chi connectivity index (χ3n) is 12.4. The second-order valence-corrected chi connectivity index (χ2v) is 17.4. The molecule has 0 bridgehead atoms. The minimum absolute atomic E-state index is 0.0258. The zero-order valence-electron chi connectivity index (χ0n) is 34.9. The molecule has 2 aromatic heterocycles. The van der Waals surface area contributed by atoms with Gasteiger partial charge in [0.2, 0.25) is 17.7 Å². The number of ether oxygens (including phenoxy) is 2. The molecule has 2 aromatic carbocycles. The Morgan fingerprint density at radius 2 is 1.71 bits per heavy atom. The Morgan fingerprint density at radius 1 is 0.952 bits per heavy atom. The number of pyridine rings is 1. The lowest BCUT2D eigenvalue weighted by Gasteiger charge is -2.42. The van der Waals surface area contributed by atoms with Crippen molar-refractivity contribution in [3.05, 3.63) is 87.5 Å². The number of unbranched alkanes of at least 4 members (excludes halogenated alkanes) is 4. The van der Waals surface area contributed by atoms with Crippen LogP contribution in [0.3, 0.4) is 0 Å². The number of amides is 5. The fourth-order valence-corrected chi connectivity index (χ4v) is 9.51. The van der Waals surface area contributed by atoms with E-state index in [2.05, 4.69) is 20.3 Å². The molecule has 1 unspecified atom stereocenters. The molecule has 332 valence electrons. The van der Waals surface area contributed by atoms with E-state index in [-0.39, 0.29) is 57.7 Å². The zero-order chi connectivity index (χ0) is 44.4. The van der Waals surface area contributed by atoms with Gasteiger partial charge in [-0.2, -0.15) is 5.10 Å². The van der Waals surface area contributed by atoms with Crippen molar-refractivity contribution in [2.45, 2.75) is 82.9 Å². The number of nitrogen functional groups attached to an aromatic ring is 1. The Bertz CT molecular complexity index is 2420. The fourth-order valence-electron chi connectivity index (χ4n) is 8.83. The van der Waals surface area contributed by atoms with Gasteiger partial charge in [0.25, 0.3) is 11.8 Å². The summed E-state index contributed by atoms with van der Waals surface area (Å²) in [7, 11) is 0. The van der Waals surface area contributed by atoms with Crippen LogP contribution in [0.4, 0.5) is 10.2 Å². The second kappa shape index (κ2) is 19.0. The number of nitrogens with zero attached hydrogens (tertiary/aromatic N) is 6. The summed E-state index contributed by atoms with van der Waals surface area (Å²) in [5.41, 5.74) is 8.40. The topological polar surface area (TPSA) is 182 Å². The average molecular weight is 904 g/mol. The van der Waals surface area contributed by atoms with E-state index in [9.17, 15) is 28.4 Å². The van der Waals surface area contributed by atoms with E-state index in [0.717, 1.165) is 80.6 Å². The third kappa shape index (κ3) is 9.39. The van der Waals surface area contributed by atoms with Crippen LogP contribution in [0.15, 0.2) is 55.0 Å². The quantitative estimate of drug-likeness (QED) is 0.0699. The molecule has 3 saturated heterocycles. The highest BCUT2D eigenvalue weighted by Crippen LogP contribution is 2.38. The van der Waals surface area contributed by atoms with Crippen LogP contribution in [0.5, 0.6) is 11.5 Å². The molecule has 0 saturated carbocycles. The molecule has 3 fully saturated rings. The third-order valence-corrected chi connectivity index (χ3v) is 13.1. The first-order chi connectivity index (χ1) is 30.4. The van der Waals surface area contributed by atoms with E-state index in [0.29, 0.717) is 36.8 Å². The summed E-state index contributed by atoms with van der Waals surface area (Å²) < 4.78 is 28.1. The number of hydrogen-bond acceptors (Lipinski definition) is 11. The van der Waals surface area contributed by atoms with E-state index in [1.54, 1.807) is 43.6 Å². The van der Waals surface area contributed by atoms with Gasteiger partial charge in [-0.25, -0.2) is 9.37 Å². The van der Waals surface area contributed by atoms with Crippen molar-refractivity contribution in [2.75, 3.05) is 45.1 Å². The second-order valence-electron chi connectivity index (χ2n) is 16.6. The Labute approximate surface area is 374 Å². The average Bonchev–Trinajstić information content (AvgIpc) is 3.85. The van der Waals surface area contributed by atoms with Gasteiger partial charge in [0, 0.05) is 66.7 Å². The summed E-state index contributed by atoms with van der Waals surface area (Å²) in [5.74, 6) is -1.74. The molecule has 4 aromatic rings. The van der Waals surface area contributed by atoms with Gasteiger partial charge in [-0.15, -0.1) is 0 Å². The highest BCUT2D eigenvalue weighted by molar-refractivity contribution is 6.36. The number of rotatable bonds is 16. The largest absolute Gasteiger partial charge is 0.493 e. The van der Waals surface area contributed by atoms with Gasteiger partial charge in [0.15, 0.2) is 11.6 Å². The van der Waals surface area contributed by atoms with Crippen LogP contribution in [0.1, 0.15) is 103 Å². The van der Waals surface area contributed by atoms with Crippen molar-refractivity contribution in [3.8, 4) is 22.6 Å². The number of nitrogens with one attached hydrogen (secondary N) is 1. The smallest absolute Gasteiger partial charge is 0.266 e. The minimum atomic E-state index is -1.02. The standard InChI is InChI=1S/C45H49Cl2FN8O7/c1-26(38-32(46)10-11-33(48)40(38)47)63-36-20-27(21-50-41(36)49)28-22-51-55(25-28)30-14-17-54(18-15-30)43(59)29-23-53(24-29)16-5-3-2-4-6-19-62-35-9-7-8-31-39(35)45(61)56(44(31)60)34-12-13-37(57)52-42(34)58/h7-11,20-22,25-26,29-30,34H,2-6,12-19,23-24H2,1H3,(H2,49,50)(H,52,57,58)/t26-,34?/m1/s1. The first-order valence-electron chi connectivity index (χ1n) is 21.5. The van der Waals surface area contributed by atoms with Gasteiger partial charge >= 0.3 is 0 Å². The number of nitrogens with two attached hydrogens (primary N) is 1. The van der Waals surface area contributed by atoms with Crippen LogP contribution in [-0.4, -0.2) is 104 Å². The normalized spacial score (nSPS) is 19.0. The van der Waals surface area contributed by atoms with Gasteiger partial charge in [-0.05, 0) is 75.9 Å². The van der Waals surface area contributed by atoms with Gasteiger partial charge in [-0.1, -0.05) is 48.5 Å². The SMILES string of the molecule is C[C@@H](Oc1cc(-c2cnn(C3CCN(C(=O)C4CN(CCCCCCCOc5cccc6c5C(=O)N(C5CCC(=O)NC5=O)C6=O)C4)CC3)c2)cnc1N)c1c(Cl)ccc(F)c1Cl. The molecule has 4 aliphatic heterocycles. The Kier molecular flexibility index (Phi) is 13.3. The fraction of sp³-hybridized carbons (Fsp3) is 0.444. The number of carbonyl (C=O) groups excluding carboxylic acids is 5. The van der Waals surface area contributed by atoms with Crippen molar-refractivity contribution < 1.29 is 37.8 Å². The summed E-state index contributed by atoms with van der Waals surface area (Å²) in [6.07, 6.45) is 11.3. The van der Waals surface area contributed by atoms with Crippen molar-refractivity contribution in [3.63, 3.8) is 0 Å². The van der Waals surface area contributed by atoms with Crippen LogP contribution >= 0.6 is 23.2 Å². The number of likely N-dealkylation sites (tertiary alicyclic amines) is 2. The van der Waals surface area contributed by atoms with Crippen molar-refractivity contribution in [1.82, 2.24) is 34.8 Å². The van der Waals surface area contributed by atoms with Crippen LogP contribution in [0.2, 0.25) is 10.0 Å². The lowest BCUT2D eigenvalue weighted by molar-refractivity contribution is -0.142. The van der Waals surface area contributed by atoms with Gasteiger partial charge in [0.1, 0.15) is 23.7 Å². The number of hydrogen-bond donors (Lipinski definition) is 2. The first-order valence-corrected chi connectivity index (χ1v) is 22.2. The van der Waals surface area contributed by atoms with Crippen molar-refractivity contribution in [2.24, 2.45) is 5.92 Å². The van der Waals surface area contributed by atoms with E-state index < -0.39 is 41.6 Å². The number of halogens is 3. The van der Waals surface area contributed by atoms with Gasteiger partial charge in [0.05, 0.1) is 40.9 Å². The maximum Gasteiger partial charge on any atom is 0.266 e. The van der Waals surface area contributed by atoms with Crippen LogP contribution in [0.25, 0.3) is 11.1 Å². The highest BCUT2D eigenvalue weighted by atomic mass is 35.5. The number of benzene rings is 2. The predicted molar refractivity (Wildman–Crippen MR) is 232 cm³/mol. The number of carbonyl (C=O) groups is 5. The molecule has 0 spiro atoms. The van der Waals surface area contributed by atoms with Crippen molar-refractivity contribution >= 4 is 58.6 Å². The Morgan fingerprint density at radius 3 is 2.49 bits per heavy atom. The van der Waals surface area contributed by atoms with E-state index in [1.807, 2.05) is 15.8 Å². The molecular weight excluding hydrogens is 854 g/mol. The van der Waals surface area contributed by atoms with Crippen molar-refractivity contribution in [1.29, 1.82) is 0 Å². The van der Waals surface area contributed by atoms with Gasteiger partial charge in [-0.3, -0.25) is 38.9 Å². The summed E-state index contributed by atoms with van der Waals surface area (Å²) in [5, 5.41) is 7.02. The molecule has 5 amide bonds.